The number of benzene rings is 3. The van der Waals surface area contributed by atoms with Crippen molar-refractivity contribution in [2.24, 2.45) is 5.92 Å². The van der Waals surface area contributed by atoms with Crippen molar-refractivity contribution in [1.82, 2.24) is 9.62 Å². The van der Waals surface area contributed by atoms with Crippen molar-refractivity contribution in [2.75, 3.05) is 13.1 Å². The van der Waals surface area contributed by atoms with Crippen LogP contribution in [-0.4, -0.2) is 31.7 Å². The van der Waals surface area contributed by atoms with Gasteiger partial charge in [0.1, 0.15) is 0 Å². The Morgan fingerprint density at radius 3 is 2.32 bits per heavy atom. The van der Waals surface area contributed by atoms with Crippen molar-refractivity contribution < 1.29 is 13.2 Å². The Hall–Kier alpha value is -2.41. The van der Waals surface area contributed by atoms with E-state index in [4.69, 9.17) is 11.6 Å². The number of fused-ring (bicyclic) bond motifs is 1. The van der Waals surface area contributed by atoms with Gasteiger partial charge in [0, 0.05) is 24.0 Å². The number of amides is 1. The number of halogens is 1. The summed E-state index contributed by atoms with van der Waals surface area (Å²) in [6.07, 6.45) is 1.01. The Kier molecular flexibility index (Phi) is 6.32. The van der Waals surface area contributed by atoms with Crippen molar-refractivity contribution in [1.29, 1.82) is 0 Å². The van der Waals surface area contributed by atoms with Crippen LogP contribution in [0.15, 0.2) is 71.6 Å². The van der Waals surface area contributed by atoms with Gasteiger partial charge in [-0.05, 0) is 60.4 Å². The molecule has 1 fully saturated rings. The monoisotopic (exact) mass is 456 g/mol. The lowest BCUT2D eigenvalue weighted by Crippen LogP contribution is -2.43. The molecule has 7 heteroatoms. The highest BCUT2D eigenvalue weighted by Gasteiger charge is 2.32. The molecule has 0 saturated carbocycles. The lowest BCUT2D eigenvalue weighted by Gasteiger charge is -2.31. The van der Waals surface area contributed by atoms with Crippen molar-refractivity contribution in [3.05, 3.63) is 77.3 Å². The van der Waals surface area contributed by atoms with E-state index in [2.05, 4.69) is 5.32 Å². The molecule has 0 unspecified atom stereocenters. The van der Waals surface area contributed by atoms with Crippen LogP contribution in [0.25, 0.3) is 10.8 Å². The fraction of sp³-hybridized carbons (Fsp3) is 0.292. The van der Waals surface area contributed by atoms with Crippen LogP contribution < -0.4 is 5.32 Å². The van der Waals surface area contributed by atoms with Crippen LogP contribution >= 0.6 is 11.6 Å². The molecule has 31 heavy (non-hydrogen) atoms. The zero-order valence-corrected chi connectivity index (χ0v) is 18.9. The Balaban J connectivity index is 1.39. The number of carbonyl (C=O) groups excluding carboxylic acids is 1. The summed E-state index contributed by atoms with van der Waals surface area (Å²) < 4.78 is 27.7. The fourth-order valence-electron chi connectivity index (χ4n) is 4.00. The van der Waals surface area contributed by atoms with Crippen LogP contribution in [-0.2, 0) is 14.8 Å². The zero-order chi connectivity index (χ0) is 22.0. The predicted octanol–water partition coefficient (Wildman–Crippen LogP) is 4.77. The third kappa shape index (κ3) is 4.76. The maximum atomic E-state index is 13.1. The molecule has 0 spiro atoms. The van der Waals surface area contributed by atoms with E-state index in [-0.39, 0.29) is 17.9 Å². The zero-order valence-electron chi connectivity index (χ0n) is 17.3. The Labute approximate surface area is 188 Å². The summed E-state index contributed by atoms with van der Waals surface area (Å²) in [6.45, 7) is 2.60. The maximum Gasteiger partial charge on any atom is 0.243 e. The van der Waals surface area contributed by atoms with Crippen molar-refractivity contribution >= 4 is 38.3 Å². The lowest BCUT2D eigenvalue weighted by molar-refractivity contribution is -0.126. The summed E-state index contributed by atoms with van der Waals surface area (Å²) in [5, 5.41) is 5.60. The van der Waals surface area contributed by atoms with Gasteiger partial charge < -0.3 is 5.32 Å². The Bertz CT molecular complexity index is 1190. The smallest absolute Gasteiger partial charge is 0.243 e. The molecule has 0 radical (unpaired) electrons. The average molecular weight is 457 g/mol. The molecule has 1 aliphatic heterocycles. The summed E-state index contributed by atoms with van der Waals surface area (Å²) in [4.78, 5) is 13.0. The first-order valence-electron chi connectivity index (χ1n) is 10.4. The molecule has 1 heterocycles. The van der Waals surface area contributed by atoms with E-state index in [9.17, 15) is 13.2 Å². The Morgan fingerprint density at radius 1 is 1.00 bits per heavy atom. The quantitative estimate of drug-likeness (QED) is 0.601. The molecule has 3 aromatic carbocycles. The van der Waals surface area contributed by atoms with Gasteiger partial charge in [0.15, 0.2) is 0 Å². The number of hydrogen-bond acceptors (Lipinski definition) is 3. The molecular formula is C24H25ClN2O3S. The molecule has 0 aliphatic carbocycles. The van der Waals surface area contributed by atoms with Gasteiger partial charge in [0.05, 0.1) is 10.9 Å². The third-order valence-electron chi connectivity index (χ3n) is 5.91. The van der Waals surface area contributed by atoms with E-state index in [1.54, 1.807) is 24.3 Å². The highest BCUT2D eigenvalue weighted by Crippen LogP contribution is 2.27. The summed E-state index contributed by atoms with van der Waals surface area (Å²) in [7, 11) is -3.58. The summed E-state index contributed by atoms with van der Waals surface area (Å²) in [6, 6.07) is 20.2. The number of carbonyl (C=O) groups is 1. The molecule has 3 aromatic rings. The normalized spacial score (nSPS) is 16.8. The first kappa shape index (κ1) is 21.8. The summed E-state index contributed by atoms with van der Waals surface area (Å²) in [5.41, 5.74) is 0.981. The third-order valence-corrected chi connectivity index (χ3v) is 8.06. The van der Waals surface area contributed by atoms with Crippen LogP contribution in [0.3, 0.4) is 0 Å². The second-order valence-electron chi connectivity index (χ2n) is 7.97. The second kappa shape index (κ2) is 8.99. The van der Waals surface area contributed by atoms with E-state index < -0.39 is 10.0 Å². The van der Waals surface area contributed by atoms with Crippen LogP contribution in [0.1, 0.15) is 31.4 Å². The van der Waals surface area contributed by atoms with E-state index in [1.165, 1.54) is 4.31 Å². The van der Waals surface area contributed by atoms with Crippen LogP contribution in [0.4, 0.5) is 0 Å². The molecule has 1 amide bonds. The van der Waals surface area contributed by atoms with Gasteiger partial charge in [-0.2, -0.15) is 4.31 Å². The molecule has 0 aromatic heterocycles. The van der Waals surface area contributed by atoms with Gasteiger partial charge >= 0.3 is 0 Å². The number of rotatable bonds is 5. The van der Waals surface area contributed by atoms with Gasteiger partial charge in [-0.25, -0.2) is 8.42 Å². The highest BCUT2D eigenvalue weighted by atomic mass is 35.5. The van der Waals surface area contributed by atoms with E-state index >= 15 is 0 Å². The first-order chi connectivity index (χ1) is 14.8. The summed E-state index contributed by atoms with van der Waals surface area (Å²) in [5.74, 6) is -0.233. The van der Waals surface area contributed by atoms with Gasteiger partial charge in [-0.15, -0.1) is 0 Å². The number of nitrogens with zero attached hydrogens (tertiary/aromatic N) is 1. The number of hydrogen-bond donors (Lipinski definition) is 1. The van der Waals surface area contributed by atoms with Crippen molar-refractivity contribution in [3.8, 4) is 0 Å². The summed E-state index contributed by atoms with van der Waals surface area (Å²) >= 11 is 5.93. The molecule has 1 aliphatic rings. The first-order valence-corrected chi connectivity index (χ1v) is 12.2. The van der Waals surface area contributed by atoms with Crippen LogP contribution in [0.2, 0.25) is 5.02 Å². The largest absolute Gasteiger partial charge is 0.349 e. The van der Waals surface area contributed by atoms with E-state index in [0.29, 0.717) is 35.8 Å². The average Bonchev–Trinajstić information content (AvgIpc) is 2.79. The fourth-order valence-corrected chi connectivity index (χ4v) is 5.63. The molecule has 1 N–H and O–H groups in total. The van der Waals surface area contributed by atoms with Gasteiger partial charge in [-0.1, -0.05) is 54.1 Å². The topological polar surface area (TPSA) is 66.5 Å². The van der Waals surface area contributed by atoms with E-state index in [0.717, 1.165) is 16.3 Å². The standard InChI is InChI=1S/C24H25ClN2O3S/c1-17(18-6-9-22(25)10-7-18)26-24(28)20-12-14-27(15-13-20)31(29,30)23-11-8-19-4-2-3-5-21(19)16-23/h2-11,16-17,20H,12-15H2,1H3,(H,26,28)/t17-/m1/s1. The minimum absolute atomic E-state index is 0.0368. The minimum atomic E-state index is -3.58. The van der Waals surface area contributed by atoms with Gasteiger partial charge in [0.25, 0.3) is 0 Å². The van der Waals surface area contributed by atoms with Crippen molar-refractivity contribution in [3.63, 3.8) is 0 Å². The molecule has 1 saturated heterocycles. The minimum Gasteiger partial charge on any atom is -0.349 e. The molecule has 162 valence electrons. The van der Waals surface area contributed by atoms with Crippen LogP contribution in [0, 0.1) is 5.92 Å². The SMILES string of the molecule is C[C@@H](NC(=O)C1CCN(S(=O)(=O)c2ccc3ccccc3c2)CC1)c1ccc(Cl)cc1. The molecular weight excluding hydrogens is 432 g/mol. The van der Waals surface area contributed by atoms with Gasteiger partial charge in [-0.3, -0.25) is 4.79 Å². The lowest BCUT2D eigenvalue weighted by atomic mass is 9.96. The Morgan fingerprint density at radius 2 is 1.65 bits per heavy atom. The van der Waals surface area contributed by atoms with E-state index in [1.807, 2.05) is 49.4 Å². The second-order valence-corrected chi connectivity index (χ2v) is 10.3. The predicted molar refractivity (Wildman–Crippen MR) is 123 cm³/mol. The number of nitrogens with one attached hydrogen (secondary N) is 1. The van der Waals surface area contributed by atoms with Gasteiger partial charge in [0.2, 0.25) is 15.9 Å². The molecule has 5 nitrogen and oxygen atoms in total. The van der Waals surface area contributed by atoms with Crippen molar-refractivity contribution in [2.45, 2.75) is 30.7 Å². The molecule has 4 rings (SSSR count). The number of sulfonamides is 1. The number of piperidine rings is 1. The van der Waals surface area contributed by atoms with Crippen LogP contribution in [0.5, 0.6) is 0 Å². The highest BCUT2D eigenvalue weighted by molar-refractivity contribution is 7.89. The maximum absolute atomic E-state index is 13.1. The molecule has 0 bridgehead atoms. The molecule has 1 atom stereocenters.